The van der Waals surface area contributed by atoms with Gasteiger partial charge in [-0.3, -0.25) is 0 Å². The zero-order chi connectivity index (χ0) is 14.3. The Balaban J connectivity index is 1.94. The Morgan fingerprint density at radius 1 is 1.05 bits per heavy atom. The van der Waals surface area contributed by atoms with Crippen LogP contribution in [0, 0.1) is 20.8 Å². The van der Waals surface area contributed by atoms with Crippen LogP contribution in [-0.2, 0) is 6.42 Å². The third-order valence-electron chi connectivity index (χ3n) is 4.21. The van der Waals surface area contributed by atoms with Crippen molar-refractivity contribution in [2.75, 3.05) is 12.4 Å². The molecule has 1 unspecified atom stereocenters. The molecule has 0 radical (unpaired) electrons. The second-order valence-corrected chi connectivity index (χ2v) is 5.73. The van der Waals surface area contributed by atoms with Gasteiger partial charge in [-0.15, -0.1) is 0 Å². The van der Waals surface area contributed by atoms with E-state index in [1.807, 2.05) is 6.07 Å². The molecule has 2 aromatic carbocycles. The van der Waals surface area contributed by atoms with Crippen molar-refractivity contribution < 1.29 is 4.74 Å². The number of methoxy groups -OCH3 is 1. The first-order chi connectivity index (χ1) is 9.58. The molecule has 0 bridgehead atoms. The van der Waals surface area contributed by atoms with Crippen molar-refractivity contribution in [3.63, 3.8) is 0 Å². The van der Waals surface area contributed by atoms with E-state index >= 15 is 0 Å². The Morgan fingerprint density at radius 2 is 1.85 bits per heavy atom. The molecule has 20 heavy (non-hydrogen) atoms. The summed E-state index contributed by atoms with van der Waals surface area (Å²) in [4.78, 5) is 0. The lowest BCUT2D eigenvalue weighted by molar-refractivity contribution is 0.414. The highest BCUT2D eigenvalue weighted by Gasteiger charge is 2.24. The molecular weight excluding hydrogens is 246 g/mol. The van der Waals surface area contributed by atoms with Crippen molar-refractivity contribution in [2.24, 2.45) is 0 Å². The minimum absolute atomic E-state index is 0.372. The van der Waals surface area contributed by atoms with Gasteiger partial charge in [0.05, 0.1) is 13.2 Å². The molecule has 1 atom stereocenters. The van der Waals surface area contributed by atoms with Crippen LogP contribution in [0.15, 0.2) is 30.3 Å². The van der Waals surface area contributed by atoms with E-state index in [2.05, 4.69) is 50.4 Å². The minimum Gasteiger partial charge on any atom is -0.497 e. The summed E-state index contributed by atoms with van der Waals surface area (Å²) < 4.78 is 5.29. The van der Waals surface area contributed by atoms with Crippen LogP contribution in [0.25, 0.3) is 0 Å². The van der Waals surface area contributed by atoms with Crippen LogP contribution in [0.5, 0.6) is 5.75 Å². The van der Waals surface area contributed by atoms with Crippen molar-refractivity contribution in [3.8, 4) is 5.75 Å². The maximum absolute atomic E-state index is 5.29. The molecule has 1 aliphatic heterocycles. The number of anilines is 1. The zero-order valence-electron chi connectivity index (χ0n) is 12.6. The molecule has 3 rings (SSSR count). The smallest absolute Gasteiger partial charge is 0.119 e. The largest absolute Gasteiger partial charge is 0.497 e. The summed E-state index contributed by atoms with van der Waals surface area (Å²) in [6.45, 7) is 6.51. The normalized spacial score (nSPS) is 16.7. The quantitative estimate of drug-likeness (QED) is 0.874. The molecule has 104 valence electrons. The van der Waals surface area contributed by atoms with Crippen LogP contribution >= 0.6 is 0 Å². The average Bonchev–Trinajstić information content (AvgIpc) is 2.82. The SMILES string of the molecule is COc1ccc(C2Cc3c(C)cc(C)cc3N2)c(C)c1. The third-order valence-corrected chi connectivity index (χ3v) is 4.21. The Kier molecular flexibility index (Phi) is 3.17. The van der Waals surface area contributed by atoms with Gasteiger partial charge in [0.25, 0.3) is 0 Å². The van der Waals surface area contributed by atoms with Gasteiger partial charge >= 0.3 is 0 Å². The van der Waals surface area contributed by atoms with Crippen molar-refractivity contribution >= 4 is 5.69 Å². The summed E-state index contributed by atoms with van der Waals surface area (Å²) in [5.74, 6) is 0.925. The van der Waals surface area contributed by atoms with Gasteiger partial charge < -0.3 is 10.1 Å². The number of rotatable bonds is 2. The number of hydrogen-bond acceptors (Lipinski definition) is 2. The Morgan fingerprint density at radius 3 is 2.55 bits per heavy atom. The summed E-state index contributed by atoms with van der Waals surface area (Å²) >= 11 is 0. The van der Waals surface area contributed by atoms with Crippen molar-refractivity contribution in [3.05, 3.63) is 58.1 Å². The molecule has 2 nitrogen and oxygen atoms in total. The maximum atomic E-state index is 5.29. The zero-order valence-corrected chi connectivity index (χ0v) is 12.6. The molecule has 1 heterocycles. The fourth-order valence-electron chi connectivity index (χ4n) is 3.19. The lowest BCUT2D eigenvalue weighted by Gasteiger charge is -2.15. The van der Waals surface area contributed by atoms with Gasteiger partial charge in [-0.2, -0.15) is 0 Å². The predicted molar refractivity (Wildman–Crippen MR) is 83.7 cm³/mol. The van der Waals surface area contributed by atoms with Gasteiger partial charge in [-0.05, 0) is 73.2 Å². The van der Waals surface area contributed by atoms with Gasteiger partial charge in [0.2, 0.25) is 0 Å². The molecule has 1 N–H and O–H groups in total. The van der Waals surface area contributed by atoms with Gasteiger partial charge in [0.1, 0.15) is 5.75 Å². The standard InChI is InChI=1S/C18H21NO/c1-11-7-12(2)16-10-18(19-17(16)8-11)15-6-5-14(20-4)9-13(15)3/h5-9,18-19H,10H2,1-4H3. The Labute approximate surface area is 120 Å². The van der Waals surface area contributed by atoms with Crippen LogP contribution < -0.4 is 10.1 Å². The highest BCUT2D eigenvalue weighted by Crippen LogP contribution is 2.38. The molecule has 2 heteroatoms. The molecule has 0 aromatic heterocycles. The van der Waals surface area contributed by atoms with Crippen LogP contribution in [0.2, 0.25) is 0 Å². The predicted octanol–water partition coefficient (Wildman–Crippen LogP) is 4.33. The van der Waals surface area contributed by atoms with Crippen LogP contribution in [0.1, 0.15) is 33.9 Å². The van der Waals surface area contributed by atoms with E-state index in [4.69, 9.17) is 4.74 Å². The molecule has 0 saturated carbocycles. The third kappa shape index (κ3) is 2.15. The first-order valence-electron chi connectivity index (χ1n) is 7.09. The van der Waals surface area contributed by atoms with E-state index in [1.165, 1.54) is 33.5 Å². The summed E-state index contributed by atoms with van der Waals surface area (Å²) in [5, 5.41) is 3.67. The van der Waals surface area contributed by atoms with E-state index in [1.54, 1.807) is 7.11 Å². The summed E-state index contributed by atoms with van der Waals surface area (Å²) in [5.41, 5.74) is 8.10. The fraction of sp³-hybridized carbons (Fsp3) is 0.333. The molecule has 0 aliphatic carbocycles. The van der Waals surface area contributed by atoms with Crippen molar-refractivity contribution in [1.29, 1.82) is 0 Å². The monoisotopic (exact) mass is 267 g/mol. The molecule has 0 fully saturated rings. The van der Waals surface area contributed by atoms with E-state index in [9.17, 15) is 0 Å². The summed E-state index contributed by atoms with van der Waals surface area (Å²) in [7, 11) is 1.71. The van der Waals surface area contributed by atoms with Gasteiger partial charge in [-0.25, -0.2) is 0 Å². The number of benzene rings is 2. The second-order valence-electron chi connectivity index (χ2n) is 5.73. The molecule has 0 spiro atoms. The van der Waals surface area contributed by atoms with Crippen molar-refractivity contribution in [2.45, 2.75) is 33.2 Å². The number of aryl methyl sites for hydroxylation is 3. The number of fused-ring (bicyclic) bond motifs is 1. The number of hydrogen-bond donors (Lipinski definition) is 1. The van der Waals surface area contributed by atoms with E-state index in [0.717, 1.165) is 12.2 Å². The van der Waals surface area contributed by atoms with E-state index < -0.39 is 0 Å². The number of nitrogens with one attached hydrogen (secondary N) is 1. The topological polar surface area (TPSA) is 21.3 Å². The first-order valence-corrected chi connectivity index (χ1v) is 7.09. The highest BCUT2D eigenvalue weighted by molar-refractivity contribution is 5.63. The lowest BCUT2D eigenvalue weighted by atomic mass is 9.96. The van der Waals surface area contributed by atoms with E-state index in [-0.39, 0.29) is 0 Å². The van der Waals surface area contributed by atoms with Crippen LogP contribution in [-0.4, -0.2) is 7.11 Å². The molecule has 1 aliphatic rings. The number of ether oxygens (including phenoxy) is 1. The highest BCUT2D eigenvalue weighted by atomic mass is 16.5. The lowest BCUT2D eigenvalue weighted by Crippen LogP contribution is -2.07. The summed E-state index contributed by atoms with van der Waals surface area (Å²) in [6.07, 6.45) is 1.06. The van der Waals surface area contributed by atoms with Crippen LogP contribution in [0.3, 0.4) is 0 Å². The Hall–Kier alpha value is -1.96. The Bertz CT molecular complexity index is 661. The van der Waals surface area contributed by atoms with Crippen LogP contribution in [0.4, 0.5) is 5.69 Å². The first kappa shape index (κ1) is 13.0. The average molecular weight is 267 g/mol. The molecular formula is C18H21NO. The van der Waals surface area contributed by atoms with Gasteiger partial charge in [-0.1, -0.05) is 12.1 Å². The molecule has 0 amide bonds. The van der Waals surface area contributed by atoms with E-state index in [0.29, 0.717) is 6.04 Å². The molecule has 2 aromatic rings. The van der Waals surface area contributed by atoms with Gasteiger partial charge in [0.15, 0.2) is 0 Å². The van der Waals surface area contributed by atoms with Crippen molar-refractivity contribution in [1.82, 2.24) is 0 Å². The summed E-state index contributed by atoms with van der Waals surface area (Å²) in [6, 6.07) is 11.2. The van der Waals surface area contributed by atoms with Gasteiger partial charge in [0, 0.05) is 5.69 Å². The fourth-order valence-corrected chi connectivity index (χ4v) is 3.19. The second kappa shape index (κ2) is 4.86. The molecule has 0 saturated heterocycles. The maximum Gasteiger partial charge on any atom is 0.119 e. The minimum atomic E-state index is 0.372.